The minimum atomic E-state index is 0.475. The molecule has 78 valence electrons. The molecule has 1 heterocycles. The number of rotatable bonds is 6. The summed E-state index contributed by atoms with van der Waals surface area (Å²) in [5, 5.41) is 0.724. The van der Waals surface area contributed by atoms with Crippen molar-refractivity contribution >= 4 is 11.8 Å². The summed E-state index contributed by atoms with van der Waals surface area (Å²) < 4.78 is 5.02. The fraction of sp³-hybridized carbons (Fsp3) is 1.00. The molecule has 0 amide bonds. The molecular formula is C9H20N2OS. The van der Waals surface area contributed by atoms with Gasteiger partial charge in [-0.05, 0) is 31.4 Å². The maximum absolute atomic E-state index is 5.53. The number of hydrazine groups is 1. The third kappa shape index (κ3) is 3.85. The lowest BCUT2D eigenvalue weighted by Crippen LogP contribution is -2.41. The standard InChI is InChI=1S/C9H20N2OS/c1-12-6-2-4-8(11-10)9-5-3-7-13-9/h8-9,11H,2-7,10H2,1H3. The Hall–Kier alpha value is 0.230. The maximum atomic E-state index is 5.53. The van der Waals surface area contributed by atoms with Crippen molar-refractivity contribution < 1.29 is 4.74 Å². The lowest BCUT2D eigenvalue weighted by molar-refractivity contribution is 0.188. The van der Waals surface area contributed by atoms with Crippen LogP contribution in [0.5, 0.6) is 0 Å². The van der Waals surface area contributed by atoms with E-state index in [0.29, 0.717) is 6.04 Å². The maximum Gasteiger partial charge on any atom is 0.0462 e. The largest absolute Gasteiger partial charge is 0.385 e. The normalized spacial score (nSPS) is 24.9. The Kier molecular flexibility index (Phi) is 5.78. The Morgan fingerprint density at radius 2 is 2.54 bits per heavy atom. The molecule has 2 unspecified atom stereocenters. The van der Waals surface area contributed by atoms with Crippen molar-refractivity contribution in [1.29, 1.82) is 0 Å². The molecule has 0 aromatic heterocycles. The van der Waals surface area contributed by atoms with Crippen LogP contribution in [0, 0.1) is 0 Å². The summed E-state index contributed by atoms with van der Waals surface area (Å²) in [5.74, 6) is 6.83. The van der Waals surface area contributed by atoms with Crippen molar-refractivity contribution in [3.05, 3.63) is 0 Å². The fourth-order valence-electron chi connectivity index (χ4n) is 1.74. The van der Waals surface area contributed by atoms with Crippen molar-refractivity contribution in [3.8, 4) is 0 Å². The van der Waals surface area contributed by atoms with Crippen LogP contribution >= 0.6 is 11.8 Å². The Balaban J connectivity index is 2.16. The minimum Gasteiger partial charge on any atom is -0.385 e. The van der Waals surface area contributed by atoms with Crippen LogP contribution in [0.3, 0.4) is 0 Å². The topological polar surface area (TPSA) is 47.3 Å². The molecule has 1 fully saturated rings. The van der Waals surface area contributed by atoms with Gasteiger partial charge in [-0.15, -0.1) is 0 Å². The predicted molar refractivity (Wildman–Crippen MR) is 57.7 cm³/mol. The monoisotopic (exact) mass is 204 g/mol. The number of methoxy groups -OCH3 is 1. The summed E-state index contributed by atoms with van der Waals surface area (Å²) in [7, 11) is 1.75. The summed E-state index contributed by atoms with van der Waals surface area (Å²) >= 11 is 2.05. The van der Waals surface area contributed by atoms with Crippen LogP contribution in [0.25, 0.3) is 0 Å². The van der Waals surface area contributed by atoms with E-state index in [1.807, 2.05) is 11.8 Å². The average Bonchev–Trinajstić information content (AvgIpc) is 2.65. The van der Waals surface area contributed by atoms with E-state index in [2.05, 4.69) is 5.43 Å². The highest BCUT2D eigenvalue weighted by molar-refractivity contribution is 8.00. The molecular weight excluding hydrogens is 184 g/mol. The van der Waals surface area contributed by atoms with E-state index >= 15 is 0 Å². The number of hydrogen-bond donors (Lipinski definition) is 2. The molecule has 0 aliphatic carbocycles. The SMILES string of the molecule is COCCCC(NN)C1CCCS1. The molecule has 1 saturated heterocycles. The van der Waals surface area contributed by atoms with Gasteiger partial charge in [0.05, 0.1) is 0 Å². The van der Waals surface area contributed by atoms with Crippen molar-refractivity contribution in [2.24, 2.45) is 5.84 Å². The molecule has 0 bridgehead atoms. The third-order valence-electron chi connectivity index (χ3n) is 2.49. The number of ether oxygens (including phenoxy) is 1. The van der Waals surface area contributed by atoms with Gasteiger partial charge in [0.15, 0.2) is 0 Å². The molecule has 3 N–H and O–H groups in total. The van der Waals surface area contributed by atoms with Crippen LogP contribution in [0.2, 0.25) is 0 Å². The van der Waals surface area contributed by atoms with Gasteiger partial charge in [-0.2, -0.15) is 11.8 Å². The summed E-state index contributed by atoms with van der Waals surface area (Å²) in [4.78, 5) is 0. The van der Waals surface area contributed by atoms with Gasteiger partial charge in [0, 0.05) is 25.0 Å². The summed E-state index contributed by atoms with van der Waals surface area (Å²) in [6.45, 7) is 0.843. The van der Waals surface area contributed by atoms with Gasteiger partial charge in [0.2, 0.25) is 0 Å². The van der Waals surface area contributed by atoms with E-state index in [0.717, 1.165) is 24.7 Å². The Morgan fingerprint density at radius 3 is 3.08 bits per heavy atom. The van der Waals surface area contributed by atoms with Crippen molar-refractivity contribution in [2.75, 3.05) is 19.5 Å². The second kappa shape index (κ2) is 6.65. The van der Waals surface area contributed by atoms with Crippen molar-refractivity contribution in [2.45, 2.75) is 37.0 Å². The number of nitrogens with two attached hydrogens (primary N) is 1. The molecule has 0 radical (unpaired) electrons. The first kappa shape index (κ1) is 11.3. The highest BCUT2D eigenvalue weighted by atomic mass is 32.2. The van der Waals surface area contributed by atoms with Gasteiger partial charge in [-0.3, -0.25) is 11.3 Å². The molecule has 0 aromatic rings. The van der Waals surface area contributed by atoms with Gasteiger partial charge in [-0.25, -0.2) is 0 Å². The van der Waals surface area contributed by atoms with Crippen LogP contribution in [0.4, 0.5) is 0 Å². The molecule has 1 aliphatic heterocycles. The Morgan fingerprint density at radius 1 is 1.69 bits per heavy atom. The Bertz CT molecular complexity index is 129. The zero-order valence-corrected chi connectivity index (χ0v) is 9.11. The smallest absolute Gasteiger partial charge is 0.0462 e. The molecule has 1 aliphatic rings. The van der Waals surface area contributed by atoms with Crippen LogP contribution < -0.4 is 11.3 Å². The van der Waals surface area contributed by atoms with Crippen molar-refractivity contribution in [1.82, 2.24) is 5.43 Å². The van der Waals surface area contributed by atoms with Gasteiger partial charge in [-0.1, -0.05) is 0 Å². The third-order valence-corrected chi connectivity index (χ3v) is 4.01. The number of nitrogens with one attached hydrogen (secondary N) is 1. The van der Waals surface area contributed by atoms with Gasteiger partial charge in [0.1, 0.15) is 0 Å². The zero-order valence-electron chi connectivity index (χ0n) is 8.29. The van der Waals surface area contributed by atoms with E-state index in [9.17, 15) is 0 Å². The first-order chi connectivity index (χ1) is 6.38. The van der Waals surface area contributed by atoms with Gasteiger partial charge < -0.3 is 4.74 Å². The first-order valence-corrected chi connectivity index (χ1v) is 6.00. The molecule has 4 heteroatoms. The average molecular weight is 204 g/mol. The van der Waals surface area contributed by atoms with Crippen LogP contribution in [-0.2, 0) is 4.74 Å². The second-order valence-electron chi connectivity index (χ2n) is 3.46. The van der Waals surface area contributed by atoms with Crippen LogP contribution in [0.15, 0.2) is 0 Å². The molecule has 1 rings (SSSR count). The highest BCUT2D eigenvalue weighted by Gasteiger charge is 2.23. The van der Waals surface area contributed by atoms with Crippen LogP contribution in [-0.4, -0.2) is 30.8 Å². The number of thioether (sulfide) groups is 1. The summed E-state index contributed by atoms with van der Waals surface area (Å²) in [6, 6.07) is 0.475. The lowest BCUT2D eigenvalue weighted by Gasteiger charge is -2.21. The first-order valence-electron chi connectivity index (χ1n) is 4.95. The lowest BCUT2D eigenvalue weighted by atomic mass is 10.1. The Labute approximate surface area is 84.7 Å². The highest BCUT2D eigenvalue weighted by Crippen LogP contribution is 2.29. The summed E-state index contributed by atoms with van der Waals surface area (Å²) in [5.41, 5.74) is 2.93. The van der Waals surface area contributed by atoms with E-state index in [1.54, 1.807) is 7.11 Å². The van der Waals surface area contributed by atoms with Crippen LogP contribution in [0.1, 0.15) is 25.7 Å². The fourth-order valence-corrected chi connectivity index (χ4v) is 3.16. The number of hydrogen-bond acceptors (Lipinski definition) is 4. The van der Waals surface area contributed by atoms with E-state index < -0.39 is 0 Å². The predicted octanol–water partition coefficient (Wildman–Crippen LogP) is 1.14. The van der Waals surface area contributed by atoms with E-state index in [4.69, 9.17) is 10.6 Å². The molecule has 0 aromatic carbocycles. The molecule has 2 atom stereocenters. The molecule has 3 nitrogen and oxygen atoms in total. The van der Waals surface area contributed by atoms with Gasteiger partial charge in [0.25, 0.3) is 0 Å². The molecule has 13 heavy (non-hydrogen) atoms. The van der Waals surface area contributed by atoms with E-state index in [-0.39, 0.29) is 0 Å². The molecule has 0 saturated carbocycles. The van der Waals surface area contributed by atoms with Gasteiger partial charge >= 0.3 is 0 Å². The summed E-state index contributed by atoms with van der Waals surface area (Å²) in [6.07, 6.45) is 4.88. The van der Waals surface area contributed by atoms with Crippen molar-refractivity contribution in [3.63, 3.8) is 0 Å². The minimum absolute atomic E-state index is 0.475. The second-order valence-corrected chi connectivity index (χ2v) is 4.81. The quantitative estimate of drug-likeness (QED) is 0.387. The van der Waals surface area contributed by atoms with E-state index in [1.165, 1.54) is 18.6 Å². The zero-order chi connectivity index (χ0) is 9.52. The molecule has 0 spiro atoms.